The summed E-state index contributed by atoms with van der Waals surface area (Å²) in [5.41, 5.74) is 3.53. The lowest BCUT2D eigenvalue weighted by atomic mass is 10.2. The molecule has 0 spiro atoms. The Bertz CT molecular complexity index is 438. The maximum atomic E-state index is 4.66. The second-order valence-corrected chi connectivity index (χ2v) is 5.97. The molecule has 112 valence electrons. The van der Waals surface area contributed by atoms with Gasteiger partial charge in [0.2, 0.25) is 0 Å². The molecule has 3 nitrogen and oxygen atoms in total. The van der Waals surface area contributed by atoms with E-state index in [1.807, 2.05) is 0 Å². The second kappa shape index (κ2) is 8.05. The number of rotatable bonds is 8. The van der Waals surface area contributed by atoms with E-state index in [4.69, 9.17) is 0 Å². The number of likely N-dealkylation sites (N-methyl/N-ethyl adjacent to an activating group) is 1. The van der Waals surface area contributed by atoms with E-state index >= 15 is 0 Å². The number of aromatic nitrogens is 1. The van der Waals surface area contributed by atoms with Gasteiger partial charge in [0.15, 0.2) is 0 Å². The van der Waals surface area contributed by atoms with Crippen LogP contribution in [0.15, 0.2) is 24.3 Å². The van der Waals surface area contributed by atoms with E-state index in [1.165, 1.54) is 5.56 Å². The van der Waals surface area contributed by atoms with Crippen molar-refractivity contribution >= 4 is 5.82 Å². The smallest absolute Gasteiger partial charge is 0.129 e. The van der Waals surface area contributed by atoms with Crippen LogP contribution in [0.1, 0.15) is 39.0 Å². The molecule has 0 unspecified atom stereocenters. The molecule has 0 aromatic carbocycles. The molecule has 0 atom stereocenters. The van der Waals surface area contributed by atoms with Crippen molar-refractivity contribution in [3.8, 4) is 0 Å². The van der Waals surface area contributed by atoms with Crippen LogP contribution in [0.5, 0.6) is 0 Å². The number of nitrogens with zero attached hydrogens (tertiary/aromatic N) is 2. The molecule has 1 N–H and O–H groups in total. The predicted molar refractivity (Wildman–Crippen MR) is 88.2 cm³/mol. The average Bonchev–Trinajstić information content (AvgIpc) is 2.34. The predicted octanol–water partition coefficient (Wildman–Crippen LogP) is 3.54. The number of hydrogen-bond donors (Lipinski definition) is 1. The van der Waals surface area contributed by atoms with Crippen LogP contribution in [0.2, 0.25) is 0 Å². The van der Waals surface area contributed by atoms with Gasteiger partial charge in [-0.3, -0.25) is 0 Å². The number of anilines is 1. The van der Waals surface area contributed by atoms with Gasteiger partial charge in [-0.1, -0.05) is 26.0 Å². The maximum Gasteiger partial charge on any atom is 0.129 e. The highest BCUT2D eigenvalue weighted by atomic mass is 15.2. The lowest BCUT2D eigenvalue weighted by Gasteiger charge is -2.23. The van der Waals surface area contributed by atoms with Crippen molar-refractivity contribution in [3.63, 3.8) is 0 Å². The van der Waals surface area contributed by atoms with Crippen molar-refractivity contribution in [2.75, 3.05) is 24.5 Å². The van der Waals surface area contributed by atoms with Crippen LogP contribution in [0.4, 0.5) is 5.82 Å². The van der Waals surface area contributed by atoms with E-state index in [-0.39, 0.29) is 0 Å². The summed E-state index contributed by atoms with van der Waals surface area (Å²) in [6.07, 6.45) is 0. The Labute approximate surface area is 124 Å². The molecule has 1 aromatic rings. The first-order valence-corrected chi connectivity index (χ1v) is 7.50. The summed E-state index contributed by atoms with van der Waals surface area (Å²) in [4.78, 5) is 6.92. The standard InChI is InChI=1S/C17H29N3/c1-7-20(12-14(4)5)17-9-16(8-15(6)19-17)11-18-10-13(2)3/h8-9,13,18H,4,7,10-12H2,1-3,5-6H3. The van der Waals surface area contributed by atoms with E-state index in [0.29, 0.717) is 5.92 Å². The van der Waals surface area contributed by atoms with Crippen molar-refractivity contribution in [2.45, 2.75) is 41.2 Å². The van der Waals surface area contributed by atoms with Crippen molar-refractivity contribution in [3.05, 3.63) is 35.5 Å². The Kier molecular flexibility index (Phi) is 6.73. The van der Waals surface area contributed by atoms with Crippen LogP contribution in [-0.4, -0.2) is 24.6 Å². The Morgan fingerprint density at radius 1 is 1.40 bits per heavy atom. The highest BCUT2D eigenvalue weighted by molar-refractivity contribution is 5.43. The van der Waals surface area contributed by atoms with E-state index in [9.17, 15) is 0 Å². The molecule has 0 amide bonds. The van der Waals surface area contributed by atoms with Crippen LogP contribution in [0.3, 0.4) is 0 Å². The van der Waals surface area contributed by atoms with Crippen LogP contribution in [0, 0.1) is 12.8 Å². The molecular weight excluding hydrogens is 246 g/mol. The minimum Gasteiger partial charge on any atom is -0.353 e. The van der Waals surface area contributed by atoms with Crippen molar-refractivity contribution in [2.24, 2.45) is 5.92 Å². The molecule has 0 fully saturated rings. The first-order valence-electron chi connectivity index (χ1n) is 7.50. The summed E-state index contributed by atoms with van der Waals surface area (Å²) in [7, 11) is 0. The SMILES string of the molecule is C=C(C)CN(CC)c1cc(CNCC(C)C)cc(C)n1. The van der Waals surface area contributed by atoms with Crippen LogP contribution in [0.25, 0.3) is 0 Å². The fourth-order valence-corrected chi connectivity index (χ4v) is 2.17. The molecule has 0 saturated carbocycles. The minimum atomic E-state index is 0.674. The number of nitrogens with one attached hydrogen (secondary N) is 1. The van der Waals surface area contributed by atoms with Gasteiger partial charge in [0.1, 0.15) is 5.82 Å². The largest absolute Gasteiger partial charge is 0.353 e. The summed E-state index contributed by atoms with van der Waals surface area (Å²) in [6, 6.07) is 4.35. The van der Waals surface area contributed by atoms with Gasteiger partial charge in [-0.25, -0.2) is 4.98 Å². The van der Waals surface area contributed by atoms with Gasteiger partial charge in [0.05, 0.1) is 0 Å². The second-order valence-electron chi connectivity index (χ2n) is 5.97. The molecule has 3 heteroatoms. The number of pyridine rings is 1. The fraction of sp³-hybridized carbons (Fsp3) is 0.588. The third-order valence-corrected chi connectivity index (χ3v) is 3.05. The number of aryl methyl sites for hydroxylation is 1. The van der Waals surface area contributed by atoms with Crippen molar-refractivity contribution in [1.29, 1.82) is 0 Å². The molecule has 0 aliphatic heterocycles. The third kappa shape index (κ3) is 5.74. The first-order chi connectivity index (χ1) is 9.42. The molecule has 0 aliphatic carbocycles. The first kappa shape index (κ1) is 16.7. The fourth-order valence-electron chi connectivity index (χ4n) is 2.17. The zero-order chi connectivity index (χ0) is 15.1. The summed E-state index contributed by atoms with van der Waals surface area (Å²) in [5.74, 6) is 1.73. The van der Waals surface area contributed by atoms with Gasteiger partial charge in [0.25, 0.3) is 0 Å². The molecule has 0 bridgehead atoms. The summed E-state index contributed by atoms with van der Waals surface area (Å²) in [5, 5.41) is 3.49. The maximum absolute atomic E-state index is 4.66. The number of hydrogen-bond acceptors (Lipinski definition) is 3. The van der Waals surface area contributed by atoms with Gasteiger partial charge >= 0.3 is 0 Å². The van der Waals surface area contributed by atoms with Crippen molar-refractivity contribution < 1.29 is 0 Å². The summed E-state index contributed by atoms with van der Waals surface area (Å²) >= 11 is 0. The highest BCUT2D eigenvalue weighted by Crippen LogP contribution is 2.16. The highest BCUT2D eigenvalue weighted by Gasteiger charge is 2.08. The van der Waals surface area contributed by atoms with Gasteiger partial charge in [0, 0.05) is 25.3 Å². The van der Waals surface area contributed by atoms with Crippen LogP contribution >= 0.6 is 0 Å². The molecule has 1 rings (SSSR count). The lowest BCUT2D eigenvalue weighted by Crippen LogP contribution is -2.26. The van der Waals surface area contributed by atoms with Gasteiger partial charge < -0.3 is 10.2 Å². The normalized spacial score (nSPS) is 10.9. The molecule has 0 saturated heterocycles. The molecular formula is C17H29N3. The Hall–Kier alpha value is -1.35. The van der Waals surface area contributed by atoms with E-state index in [2.05, 4.69) is 68.5 Å². The van der Waals surface area contributed by atoms with E-state index in [0.717, 1.165) is 43.3 Å². The monoisotopic (exact) mass is 275 g/mol. The topological polar surface area (TPSA) is 28.2 Å². The lowest BCUT2D eigenvalue weighted by molar-refractivity contribution is 0.552. The quantitative estimate of drug-likeness (QED) is 0.736. The molecule has 0 radical (unpaired) electrons. The van der Waals surface area contributed by atoms with E-state index in [1.54, 1.807) is 0 Å². The zero-order valence-electron chi connectivity index (χ0n) is 13.7. The molecule has 1 heterocycles. The van der Waals surface area contributed by atoms with E-state index < -0.39 is 0 Å². The van der Waals surface area contributed by atoms with Crippen LogP contribution in [-0.2, 0) is 6.54 Å². The Morgan fingerprint density at radius 3 is 2.65 bits per heavy atom. The summed E-state index contributed by atoms with van der Waals surface area (Å²) < 4.78 is 0. The molecule has 20 heavy (non-hydrogen) atoms. The summed E-state index contributed by atoms with van der Waals surface area (Å²) in [6.45, 7) is 18.5. The van der Waals surface area contributed by atoms with Crippen LogP contribution < -0.4 is 10.2 Å². The Morgan fingerprint density at radius 2 is 2.10 bits per heavy atom. The zero-order valence-corrected chi connectivity index (χ0v) is 13.7. The average molecular weight is 275 g/mol. The van der Waals surface area contributed by atoms with Gasteiger partial charge in [-0.15, -0.1) is 0 Å². The van der Waals surface area contributed by atoms with Crippen molar-refractivity contribution in [1.82, 2.24) is 10.3 Å². The molecule has 1 aromatic heterocycles. The minimum absolute atomic E-state index is 0.674. The van der Waals surface area contributed by atoms with Gasteiger partial charge in [-0.05, 0) is 50.9 Å². The Balaban J connectivity index is 2.81. The molecule has 0 aliphatic rings. The van der Waals surface area contributed by atoms with Gasteiger partial charge in [-0.2, -0.15) is 0 Å². The third-order valence-electron chi connectivity index (χ3n) is 3.05.